The molecule has 0 atom stereocenters. The first-order valence-corrected chi connectivity index (χ1v) is 10.7. The second-order valence-electron chi connectivity index (χ2n) is 5.78. The smallest absolute Gasteiger partial charge is 0.321 e. The molecule has 0 spiro atoms. The summed E-state index contributed by atoms with van der Waals surface area (Å²) in [5.74, 6) is 0. The minimum Gasteiger partial charge on any atom is -0.367 e. The summed E-state index contributed by atoms with van der Waals surface area (Å²) in [6, 6.07) is 16.4. The second kappa shape index (κ2) is 8.54. The molecule has 1 heterocycles. The summed E-state index contributed by atoms with van der Waals surface area (Å²) in [6.07, 6.45) is 4.12. The third-order valence-corrected chi connectivity index (χ3v) is 5.92. The molecule has 1 saturated heterocycles. The Morgan fingerprint density at radius 2 is 1.48 bits per heavy atom. The number of nitrogens with zero attached hydrogens (tertiary/aromatic N) is 2. The van der Waals surface area contributed by atoms with E-state index in [2.05, 4.69) is 40.7 Å². The zero-order chi connectivity index (χ0) is 17.6. The highest BCUT2D eigenvalue weighted by atomic mass is 32.2. The molecule has 0 radical (unpaired) electrons. The SMILES string of the molecule is CSc1ccccc1NC(=O)N1CCN(c2ccccc2SC)CC1. The van der Waals surface area contributed by atoms with Gasteiger partial charge in [0.25, 0.3) is 0 Å². The third kappa shape index (κ3) is 4.25. The van der Waals surface area contributed by atoms with Gasteiger partial charge in [-0.05, 0) is 36.8 Å². The predicted molar refractivity (Wildman–Crippen MR) is 109 cm³/mol. The van der Waals surface area contributed by atoms with E-state index in [0.29, 0.717) is 0 Å². The highest BCUT2D eigenvalue weighted by Crippen LogP contribution is 2.29. The Balaban J connectivity index is 1.61. The number of amides is 2. The van der Waals surface area contributed by atoms with Crippen molar-refractivity contribution in [2.45, 2.75) is 9.79 Å². The first-order chi connectivity index (χ1) is 12.2. The molecule has 2 aromatic carbocycles. The van der Waals surface area contributed by atoms with Gasteiger partial charge in [-0.1, -0.05) is 24.3 Å². The maximum Gasteiger partial charge on any atom is 0.321 e. The summed E-state index contributed by atoms with van der Waals surface area (Å²) >= 11 is 3.41. The quantitative estimate of drug-likeness (QED) is 0.801. The lowest BCUT2D eigenvalue weighted by atomic mass is 10.2. The fourth-order valence-electron chi connectivity index (χ4n) is 2.98. The Labute approximate surface area is 158 Å². The first-order valence-electron chi connectivity index (χ1n) is 8.30. The highest BCUT2D eigenvalue weighted by molar-refractivity contribution is 7.99. The van der Waals surface area contributed by atoms with E-state index in [4.69, 9.17) is 0 Å². The molecule has 2 aromatic rings. The third-order valence-electron chi connectivity index (χ3n) is 4.34. The van der Waals surface area contributed by atoms with Crippen molar-refractivity contribution in [3.8, 4) is 0 Å². The minimum absolute atomic E-state index is 0.0145. The Morgan fingerprint density at radius 1 is 0.880 bits per heavy atom. The molecule has 25 heavy (non-hydrogen) atoms. The molecular formula is C19H23N3OS2. The lowest BCUT2D eigenvalue weighted by Crippen LogP contribution is -2.50. The Kier molecular flexibility index (Phi) is 6.15. The molecule has 1 N–H and O–H groups in total. The summed E-state index contributed by atoms with van der Waals surface area (Å²) in [7, 11) is 0. The summed E-state index contributed by atoms with van der Waals surface area (Å²) in [6.45, 7) is 3.18. The van der Waals surface area contributed by atoms with Crippen LogP contribution in [-0.2, 0) is 0 Å². The Bertz CT molecular complexity index is 730. The van der Waals surface area contributed by atoms with Crippen LogP contribution in [0.3, 0.4) is 0 Å². The Morgan fingerprint density at radius 3 is 2.16 bits per heavy atom. The number of thioether (sulfide) groups is 2. The normalized spacial score (nSPS) is 14.5. The molecule has 1 fully saturated rings. The number of piperazine rings is 1. The lowest BCUT2D eigenvalue weighted by molar-refractivity contribution is 0.208. The number of carbonyl (C=O) groups excluding carboxylic acids is 1. The number of nitrogens with one attached hydrogen (secondary N) is 1. The topological polar surface area (TPSA) is 35.6 Å². The number of rotatable bonds is 4. The van der Waals surface area contributed by atoms with Crippen LogP contribution in [0.2, 0.25) is 0 Å². The van der Waals surface area contributed by atoms with Crippen LogP contribution in [0.5, 0.6) is 0 Å². The maximum atomic E-state index is 12.6. The van der Waals surface area contributed by atoms with Crippen molar-refractivity contribution in [1.82, 2.24) is 4.90 Å². The van der Waals surface area contributed by atoms with Gasteiger partial charge in [0.2, 0.25) is 0 Å². The fraction of sp³-hybridized carbons (Fsp3) is 0.316. The van der Waals surface area contributed by atoms with Crippen molar-refractivity contribution >= 4 is 40.9 Å². The van der Waals surface area contributed by atoms with E-state index in [0.717, 1.165) is 36.8 Å². The van der Waals surface area contributed by atoms with Crippen molar-refractivity contribution in [3.05, 3.63) is 48.5 Å². The molecule has 0 bridgehead atoms. The Hall–Kier alpha value is -1.79. The van der Waals surface area contributed by atoms with Crippen LogP contribution >= 0.6 is 23.5 Å². The number of anilines is 2. The minimum atomic E-state index is -0.0145. The average Bonchev–Trinajstić information content (AvgIpc) is 2.68. The van der Waals surface area contributed by atoms with Gasteiger partial charge >= 0.3 is 6.03 Å². The molecule has 0 aliphatic carbocycles. The van der Waals surface area contributed by atoms with E-state index in [1.54, 1.807) is 23.5 Å². The van der Waals surface area contributed by atoms with Gasteiger partial charge in [0.05, 0.1) is 11.4 Å². The van der Waals surface area contributed by atoms with Gasteiger partial charge in [-0.3, -0.25) is 0 Å². The molecule has 0 aromatic heterocycles. The van der Waals surface area contributed by atoms with Crippen molar-refractivity contribution in [3.63, 3.8) is 0 Å². The first kappa shape index (κ1) is 18.0. The standard InChI is InChI=1S/C19H23N3OS2/c1-24-17-9-5-3-7-15(17)20-19(23)22-13-11-21(12-14-22)16-8-4-6-10-18(16)25-2/h3-10H,11-14H2,1-2H3,(H,20,23). The predicted octanol–water partition coefficient (Wildman–Crippen LogP) is 4.48. The number of benzene rings is 2. The van der Waals surface area contributed by atoms with Gasteiger partial charge in [0, 0.05) is 36.0 Å². The van der Waals surface area contributed by atoms with Crippen molar-refractivity contribution in [2.75, 3.05) is 48.9 Å². The average molecular weight is 374 g/mol. The summed E-state index contributed by atoms with van der Waals surface area (Å²) in [5.41, 5.74) is 2.15. The van der Waals surface area contributed by atoms with E-state index in [9.17, 15) is 4.79 Å². The van der Waals surface area contributed by atoms with Crippen LogP contribution in [0.15, 0.2) is 58.3 Å². The van der Waals surface area contributed by atoms with Gasteiger partial charge in [-0.25, -0.2) is 4.79 Å². The highest BCUT2D eigenvalue weighted by Gasteiger charge is 2.22. The largest absolute Gasteiger partial charge is 0.367 e. The molecule has 6 heteroatoms. The number of hydrogen-bond donors (Lipinski definition) is 1. The van der Waals surface area contributed by atoms with Crippen LogP contribution in [0.4, 0.5) is 16.2 Å². The van der Waals surface area contributed by atoms with E-state index in [-0.39, 0.29) is 6.03 Å². The summed E-state index contributed by atoms with van der Waals surface area (Å²) in [4.78, 5) is 19.2. The van der Waals surface area contributed by atoms with Gasteiger partial charge in [-0.15, -0.1) is 23.5 Å². The summed E-state index contributed by atoms with van der Waals surface area (Å²) < 4.78 is 0. The van der Waals surface area contributed by atoms with Crippen LogP contribution in [0.25, 0.3) is 0 Å². The van der Waals surface area contributed by atoms with Gasteiger partial charge in [-0.2, -0.15) is 0 Å². The monoisotopic (exact) mass is 373 g/mol. The van der Waals surface area contributed by atoms with Crippen molar-refractivity contribution < 1.29 is 4.79 Å². The molecule has 0 saturated carbocycles. The number of urea groups is 1. The molecule has 1 aliphatic rings. The number of para-hydroxylation sites is 2. The number of carbonyl (C=O) groups is 1. The van der Waals surface area contributed by atoms with E-state index < -0.39 is 0 Å². The number of hydrogen-bond acceptors (Lipinski definition) is 4. The van der Waals surface area contributed by atoms with E-state index in [1.807, 2.05) is 35.4 Å². The molecule has 2 amide bonds. The molecule has 4 nitrogen and oxygen atoms in total. The van der Waals surface area contributed by atoms with Crippen LogP contribution in [-0.4, -0.2) is 49.6 Å². The molecule has 3 rings (SSSR count). The molecule has 1 aliphatic heterocycles. The molecule has 132 valence electrons. The second-order valence-corrected chi connectivity index (χ2v) is 7.47. The van der Waals surface area contributed by atoms with Gasteiger partial charge in [0.1, 0.15) is 0 Å². The van der Waals surface area contributed by atoms with Crippen molar-refractivity contribution in [2.24, 2.45) is 0 Å². The summed E-state index contributed by atoms with van der Waals surface area (Å²) in [5, 5.41) is 3.05. The van der Waals surface area contributed by atoms with Crippen LogP contribution < -0.4 is 10.2 Å². The zero-order valence-corrected chi connectivity index (χ0v) is 16.2. The van der Waals surface area contributed by atoms with Gasteiger partial charge < -0.3 is 15.1 Å². The molecule has 0 unspecified atom stereocenters. The van der Waals surface area contributed by atoms with Crippen LogP contribution in [0, 0.1) is 0 Å². The van der Waals surface area contributed by atoms with Crippen molar-refractivity contribution in [1.29, 1.82) is 0 Å². The van der Waals surface area contributed by atoms with Gasteiger partial charge in [0.15, 0.2) is 0 Å². The fourth-order valence-corrected chi connectivity index (χ4v) is 4.16. The van der Waals surface area contributed by atoms with E-state index >= 15 is 0 Å². The maximum absolute atomic E-state index is 12.6. The lowest BCUT2D eigenvalue weighted by Gasteiger charge is -2.36. The zero-order valence-electron chi connectivity index (χ0n) is 14.6. The van der Waals surface area contributed by atoms with Crippen LogP contribution in [0.1, 0.15) is 0 Å². The molecular weight excluding hydrogens is 350 g/mol. The van der Waals surface area contributed by atoms with E-state index in [1.165, 1.54) is 10.6 Å².